The lowest BCUT2D eigenvalue weighted by atomic mass is 10.2. The summed E-state index contributed by atoms with van der Waals surface area (Å²) in [7, 11) is -2.16. The molecule has 112 valence electrons. The van der Waals surface area contributed by atoms with Gasteiger partial charge >= 0.3 is 0 Å². The maximum atomic E-state index is 12.8. The predicted molar refractivity (Wildman–Crippen MR) is 87.4 cm³/mol. The number of aryl methyl sites for hydroxylation is 2. The number of benzene rings is 2. The molecule has 21 heavy (non-hydrogen) atoms. The number of hydrogen-bond donors (Lipinski definition) is 1. The molecule has 2 aromatic carbocycles. The van der Waals surface area contributed by atoms with Gasteiger partial charge in [-0.15, -0.1) is 0 Å². The van der Waals surface area contributed by atoms with E-state index in [4.69, 9.17) is 17.3 Å². The maximum Gasteiger partial charge on any atom is 0.264 e. The normalized spacial score (nSPS) is 11.4. The number of anilines is 2. The third-order valence-electron chi connectivity index (χ3n) is 3.30. The molecule has 0 amide bonds. The molecule has 2 N–H and O–H groups in total. The number of halogens is 1. The molecule has 0 bridgehead atoms. The number of rotatable bonds is 3. The Morgan fingerprint density at radius 2 is 1.81 bits per heavy atom. The summed E-state index contributed by atoms with van der Waals surface area (Å²) in [6.45, 7) is 3.61. The van der Waals surface area contributed by atoms with Crippen LogP contribution in [0.15, 0.2) is 41.3 Å². The number of nitrogen functional groups attached to an aromatic ring is 1. The Labute approximate surface area is 130 Å². The zero-order chi connectivity index (χ0) is 15.8. The predicted octanol–water partition coefficient (Wildman–Crippen LogP) is 3.36. The standard InChI is InChI=1S/C15H17ClN2O2S/c1-10-5-4-6-12(7-10)18(3)21(19,20)15-9-14(17)13(16)8-11(15)2/h4-9H,17H2,1-3H3. The highest BCUT2D eigenvalue weighted by Gasteiger charge is 2.24. The van der Waals surface area contributed by atoms with Crippen LogP contribution in [0.5, 0.6) is 0 Å². The van der Waals surface area contributed by atoms with Gasteiger partial charge in [0, 0.05) is 7.05 Å². The maximum absolute atomic E-state index is 12.8. The van der Waals surface area contributed by atoms with Gasteiger partial charge < -0.3 is 5.73 Å². The zero-order valence-electron chi connectivity index (χ0n) is 12.1. The van der Waals surface area contributed by atoms with Crippen molar-refractivity contribution in [1.82, 2.24) is 0 Å². The van der Waals surface area contributed by atoms with E-state index < -0.39 is 10.0 Å². The van der Waals surface area contributed by atoms with Crippen molar-refractivity contribution in [3.05, 3.63) is 52.5 Å². The molecule has 0 saturated carbocycles. The lowest BCUT2D eigenvalue weighted by Crippen LogP contribution is -2.27. The smallest absolute Gasteiger partial charge is 0.264 e. The van der Waals surface area contributed by atoms with Crippen LogP contribution in [0.3, 0.4) is 0 Å². The van der Waals surface area contributed by atoms with E-state index in [2.05, 4.69) is 0 Å². The third-order valence-corrected chi connectivity index (χ3v) is 5.55. The van der Waals surface area contributed by atoms with Gasteiger partial charge in [-0.05, 0) is 49.2 Å². The van der Waals surface area contributed by atoms with Gasteiger partial charge in [0.15, 0.2) is 0 Å². The summed E-state index contributed by atoms with van der Waals surface area (Å²) >= 11 is 5.92. The highest BCUT2D eigenvalue weighted by Crippen LogP contribution is 2.30. The van der Waals surface area contributed by atoms with Crippen molar-refractivity contribution in [2.24, 2.45) is 0 Å². The first-order valence-electron chi connectivity index (χ1n) is 6.34. The molecule has 2 rings (SSSR count). The highest BCUT2D eigenvalue weighted by atomic mass is 35.5. The van der Waals surface area contributed by atoms with E-state index in [1.54, 1.807) is 19.1 Å². The van der Waals surface area contributed by atoms with Gasteiger partial charge in [0.05, 0.1) is 21.3 Å². The van der Waals surface area contributed by atoms with E-state index in [-0.39, 0.29) is 10.6 Å². The van der Waals surface area contributed by atoms with Gasteiger partial charge in [0.25, 0.3) is 10.0 Å². The molecule has 0 heterocycles. The van der Waals surface area contributed by atoms with E-state index in [1.807, 2.05) is 25.1 Å². The molecule has 0 spiro atoms. The van der Waals surface area contributed by atoms with Gasteiger partial charge in [-0.2, -0.15) is 0 Å². The lowest BCUT2D eigenvalue weighted by Gasteiger charge is -2.21. The van der Waals surface area contributed by atoms with Gasteiger partial charge in [0.1, 0.15) is 0 Å². The van der Waals surface area contributed by atoms with Crippen LogP contribution in [0.2, 0.25) is 5.02 Å². The molecule has 0 aliphatic rings. The fraction of sp³-hybridized carbons (Fsp3) is 0.200. The van der Waals surface area contributed by atoms with Crippen LogP contribution < -0.4 is 10.0 Å². The van der Waals surface area contributed by atoms with Crippen LogP contribution in [-0.4, -0.2) is 15.5 Å². The summed E-state index contributed by atoms with van der Waals surface area (Å²) in [4.78, 5) is 0.161. The first kappa shape index (κ1) is 15.7. The Morgan fingerprint density at radius 3 is 2.43 bits per heavy atom. The summed E-state index contributed by atoms with van der Waals surface area (Å²) in [5.41, 5.74) is 8.13. The van der Waals surface area contributed by atoms with Crippen LogP contribution in [0.4, 0.5) is 11.4 Å². The molecule has 0 aromatic heterocycles. The topological polar surface area (TPSA) is 63.4 Å². The summed E-state index contributed by atoms with van der Waals surface area (Å²) in [5.74, 6) is 0. The molecule has 0 aliphatic heterocycles. The average molecular weight is 325 g/mol. The molecular formula is C15H17ClN2O2S. The molecule has 4 nitrogen and oxygen atoms in total. The van der Waals surface area contributed by atoms with E-state index in [0.29, 0.717) is 16.3 Å². The van der Waals surface area contributed by atoms with Crippen molar-refractivity contribution < 1.29 is 8.42 Å². The average Bonchev–Trinajstić information content (AvgIpc) is 2.41. The van der Waals surface area contributed by atoms with Crippen LogP contribution in [0.1, 0.15) is 11.1 Å². The zero-order valence-corrected chi connectivity index (χ0v) is 13.7. The van der Waals surface area contributed by atoms with Crippen molar-refractivity contribution in [3.8, 4) is 0 Å². The molecule has 0 aliphatic carbocycles. The summed E-state index contributed by atoms with van der Waals surface area (Å²) in [5, 5.41) is 0.352. The number of nitrogens with two attached hydrogens (primary N) is 1. The summed E-state index contributed by atoms with van der Waals surface area (Å²) in [6.07, 6.45) is 0. The van der Waals surface area contributed by atoms with Gasteiger partial charge in [0.2, 0.25) is 0 Å². The van der Waals surface area contributed by atoms with E-state index in [1.165, 1.54) is 17.4 Å². The second-order valence-electron chi connectivity index (χ2n) is 4.95. The molecule has 2 aromatic rings. The summed E-state index contributed by atoms with van der Waals surface area (Å²) in [6, 6.07) is 10.3. The quantitative estimate of drug-likeness (QED) is 0.880. The van der Waals surface area contributed by atoms with Gasteiger partial charge in [-0.1, -0.05) is 23.7 Å². The lowest BCUT2D eigenvalue weighted by molar-refractivity contribution is 0.594. The van der Waals surface area contributed by atoms with Crippen molar-refractivity contribution >= 4 is 33.0 Å². The largest absolute Gasteiger partial charge is 0.397 e. The molecule has 0 fully saturated rings. The Kier molecular flexibility index (Phi) is 4.16. The van der Waals surface area contributed by atoms with Crippen LogP contribution >= 0.6 is 11.6 Å². The molecule has 0 radical (unpaired) electrons. The van der Waals surface area contributed by atoms with Crippen molar-refractivity contribution in [2.75, 3.05) is 17.1 Å². The Morgan fingerprint density at radius 1 is 1.14 bits per heavy atom. The van der Waals surface area contributed by atoms with Crippen LogP contribution in [0, 0.1) is 13.8 Å². The van der Waals surface area contributed by atoms with E-state index in [0.717, 1.165) is 5.56 Å². The van der Waals surface area contributed by atoms with E-state index in [9.17, 15) is 8.42 Å². The Balaban J connectivity index is 2.54. The Hall–Kier alpha value is -1.72. The number of sulfonamides is 1. The molecule has 6 heteroatoms. The fourth-order valence-electron chi connectivity index (χ4n) is 2.06. The van der Waals surface area contributed by atoms with Gasteiger partial charge in [-0.3, -0.25) is 4.31 Å². The fourth-order valence-corrected chi connectivity index (χ4v) is 3.70. The number of nitrogens with zero attached hydrogens (tertiary/aromatic N) is 1. The van der Waals surface area contributed by atoms with Crippen molar-refractivity contribution in [1.29, 1.82) is 0 Å². The minimum Gasteiger partial charge on any atom is -0.397 e. The summed E-state index contributed by atoms with van der Waals surface area (Å²) < 4.78 is 26.8. The molecule has 0 saturated heterocycles. The van der Waals surface area contributed by atoms with Crippen LogP contribution in [-0.2, 0) is 10.0 Å². The highest BCUT2D eigenvalue weighted by molar-refractivity contribution is 7.92. The molecule has 0 unspecified atom stereocenters. The molecular weight excluding hydrogens is 308 g/mol. The first-order valence-corrected chi connectivity index (χ1v) is 8.16. The van der Waals surface area contributed by atoms with Crippen molar-refractivity contribution in [3.63, 3.8) is 0 Å². The van der Waals surface area contributed by atoms with Crippen LogP contribution in [0.25, 0.3) is 0 Å². The monoisotopic (exact) mass is 324 g/mol. The Bertz CT molecular complexity index is 788. The minimum atomic E-state index is -3.68. The van der Waals surface area contributed by atoms with Gasteiger partial charge in [-0.25, -0.2) is 8.42 Å². The first-order chi connectivity index (χ1) is 9.73. The van der Waals surface area contributed by atoms with E-state index >= 15 is 0 Å². The van der Waals surface area contributed by atoms with Crippen molar-refractivity contribution in [2.45, 2.75) is 18.7 Å². The second kappa shape index (κ2) is 5.58. The second-order valence-corrected chi connectivity index (χ2v) is 7.30. The SMILES string of the molecule is Cc1cccc(N(C)S(=O)(=O)c2cc(N)c(Cl)cc2C)c1. The third kappa shape index (κ3) is 2.99. The number of hydrogen-bond acceptors (Lipinski definition) is 3. The minimum absolute atomic E-state index is 0.161. The molecule has 0 atom stereocenters.